The number of imidazole rings is 1. The van der Waals surface area contributed by atoms with Crippen LogP contribution in [0.3, 0.4) is 0 Å². The van der Waals surface area contributed by atoms with E-state index in [0.29, 0.717) is 12.1 Å². The Hall–Kier alpha value is -4.24. The number of carbonyl (C=O) groups excluding carboxylic acids is 1. The van der Waals surface area contributed by atoms with Gasteiger partial charge in [0.05, 0.1) is 46.9 Å². The molecule has 5 aromatic rings. The zero-order chi connectivity index (χ0) is 24.9. The van der Waals surface area contributed by atoms with E-state index in [9.17, 15) is 4.79 Å². The highest BCUT2D eigenvalue weighted by Gasteiger charge is 2.36. The summed E-state index contributed by atoms with van der Waals surface area (Å²) in [6.45, 7) is 4.61. The Bertz CT molecular complexity index is 1610. The van der Waals surface area contributed by atoms with Crippen LogP contribution in [0.25, 0.3) is 16.3 Å². The van der Waals surface area contributed by atoms with E-state index in [1.165, 1.54) is 0 Å². The molecule has 9 heteroatoms. The number of anilines is 1. The van der Waals surface area contributed by atoms with Crippen molar-refractivity contribution in [2.24, 2.45) is 0 Å². The van der Waals surface area contributed by atoms with E-state index in [0.717, 1.165) is 71.7 Å². The van der Waals surface area contributed by atoms with Gasteiger partial charge in [0.2, 0.25) is 0 Å². The van der Waals surface area contributed by atoms with Crippen molar-refractivity contribution in [2.45, 2.75) is 12.5 Å². The predicted octanol–water partition coefficient (Wildman–Crippen LogP) is 3.15. The first-order valence-corrected chi connectivity index (χ1v) is 12.7. The van der Waals surface area contributed by atoms with E-state index in [4.69, 9.17) is 4.98 Å². The molecule has 4 aromatic heterocycles. The average Bonchev–Trinajstić information content (AvgIpc) is 3.59. The molecule has 1 atom stereocenters. The van der Waals surface area contributed by atoms with Gasteiger partial charge < -0.3 is 19.7 Å². The molecule has 1 N–H and O–H groups in total. The molecule has 1 aromatic carbocycles. The van der Waals surface area contributed by atoms with E-state index >= 15 is 0 Å². The topological polar surface area (TPSA) is 85.7 Å². The molecule has 1 amide bonds. The number of piperazine rings is 1. The van der Waals surface area contributed by atoms with Crippen molar-refractivity contribution in [1.82, 2.24) is 34.4 Å². The van der Waals surface area contributed by atoms with Gasteiger partial charge in [-0.25, -0.2) is 9.50 Å². The third-order valence-electron chi connectivity index (χ3n) is 7.72. The minimum Gasteiger partial charge on any atom is -0.368 e. The van der Waals surface area contributed by atoms with Crippen LogP contribution >= 0.6 is 0 Å². The Morgan fingerprint density at radius 1 is 0.973 bits per heavy atom. The fourth-order valence-electron chi connectivity index (χ4n) is 5.59. The van der Waals surface area contributed by atoms with Crippen molar-refractivity contribution >= 4 is 27.9 Å². The maximum absolute atomic E-state index is 14.1. The van der Waals surface area contributed by atoms with Gasteiger partial charge in [-0.05, 0) is 30.6 Å². The third-order valence-corrected chi connectivity index (χ3v) is 7.72. The molecule has 0 spiro atoms. The number of nitrogens with zero attached hydrogens (tertiary/aromatic N) is 7. The SMILES string of the molecule is CN1CCN(c2ccc3c(C(=O)N4CCc5[nH]cnc5[C@H]4c4cc5ccccc5cn4)cnn3c2)CC1. The summed E-state index contributed by atoms with van der Waals surface area (Å²) in [6, 6.07) is 14.0. The van der Waals surface area contributed by atoms with Gasteiger partial charge in [-0.3, -0.25) is 9.78 Å². The van der Waals surface area contributed by atoms with Crippen molar-refractivity contribution < 1.29 is 4.79 Å². The molecule has 1 saturated heterocycles. The van der Waals surface area contributed by atoms with Crippen LogP contribution in [0.1, 0.15) is 33.5 Å². The van der Waals surface area contributed by atoms with Crippen LogP contribution in [0.5, 0.6) is 0 Å². The highest BCUT2D eigenvalue weighted by molar-refractivity contribution is 6.01. The van der Waals surface area contributed by atoms with Gasteiger partial charge in [-0.1, -0.05) is 24.3 Å². The molecule has 0 unspecified atom stereocenters. The number of aromatic nitrogens is 5. The molecular formula is C28H28N8O. The van der Waals surface area contributed by atoms with E-state index in [1.54, 1.807) is 12.5 Å². The van der Waals surface area contributed by atoms with Gasteiger partial charge in [0.25, 0.3) is 5.91 Å². The first kappa shape index (κ1) is 22.0. The van der Waals surface area contributed by atoms with Crippen LogP contribution in [-0.2, 0) is 6.42 Å². The molecule has 9 nitrogen and oxygen atoms in total. The number of amides is 1. The maximum Gasteiger partial charge on any atom is 0.258 e. The Morgan fingerprint density at radius 2 is 1.81 bits per heavy atom. The van der Waals surface area contributed by atoms with Gasteiger partial charge in [0.1, 0.15) is 6.04 Å². The Balaban J connectivity index is 1.25. The lowest BCUT2D eigenvalue weighted by Crippen LogP contribution is -2.44. The molecule has 0 aliphatic carbocycles. The molecule has 186 valence electrons. The molecule has 2 aliphatic rings. The Morgan fingerprint density at radius 3 is 2.68 bits per heavy atom. The van der Waals surface area contributed by atoms with Crippen molar-refractivity contribution in [3.8, 4) is 0 Å². The molecule has 2 aliphatic heterocycles. The fourth-order valence-corrected chi connectivity index (χ4v) is 5.59. The lowest BCUT2D eigenvalue weighted by atomic mass is 9.97. The standard InChI is InChI=1S/C28H28N8O/c1-33-10-12-34(13-11-33)21-6-7-25-22(16-32-36(25)17-21)28(37)35-9-8-23-26(31-18-30-23)27(35)24-14-19-4-2-3-5-20(19)15-29-24/h2-7,14-18,27H,8-13H2,1H3,(H,30,31)/t27-/m1/s1. The number of likely N-dealkylation sites (N-methyl/N-ethyl adjacent to an activating group) is 1. The van der Waals surface area contributed by atoms with Crippen LogP contribution in [0.4, 0.5) is 5.69 Å². The summed E-state index contributed by atoms with van der Waals surface area (Å²) in [5, 5.41) is 6.74. The average molecular weight is 493 g/mol. The number of hydrogen-bond donors (Lipinski definition) is 1. The molecule has 6 heterocycles. The monoisotopic (exact) mass is 492 g/mol. The normalized spacial score (nSPS) is 18.5. The number of hydrogen-bond acceptors (Lipinski definition) is 6. The summed E-state index contributed by atoms with van der Waals surface area (Å²) >= 11 is 0. The minimum absolute atomic E-state index is 0.0593. The predicted molar refractivity (Wildman–Crippen MR) is 142 cm³/mol. The summed E-state index contributed by atoms with van der Waals surface area (Å²) in [5.74, 6) is -0.0593. The third kappa shape index (κ3) is 3.74. The summed E-state index contributed by atoms with van der Waals surface area (Å²) in [7, 11) is 2.15. The number of benzene rings is 1. The van der Waals surface area contributed by atoms with Crippen LogP contribution in [0.2, 0.25) is 0 Å². The molecule has 7 rings (SSSR count). The number of fused-ring (bicyclic) bond motifs is 3. The first-order valence-electron chi connectivity index (χ1n) is 12.7. The highest BCUT2D eigenvalue weighted by atomic mass is 16.2. The molecule has 1 fully saturated rings. The van der Waals surface area contributed by atoms with Gasteiger partial charge in [0, 0.05) is 56.4 Å². The first-order chi connectivity index (χ1) is 18.2. The van der Waals surface area contributed by atoms with Gasteiger partial charge in [0.15, 0.2) is 0 Å². The molecule has 37 heavy (non-hydrogen) atoms. The van der Waals surface area contributed by atoms with E-state index in [2.05, 4.69) is 50.1 Å². The maximum atomic E-state index is 14.1. The molecule has 0 saturated carbocycles. The largest absolute Gasteiger partial charge is 0.368 e. The van der Waals surface area contributed by atoms with Crippen molar-refractivity contribution in [1.29, 1.82) is 0 Å². The molecular weight excluding hydrogens is 464 g/mol. The number of aromatic amines is 1. The number of carbonyl (C=O) groups is 1. The Labute approximate surface area is 214 Å². The smallest absolute Gasteiger partial charge is 0.258 e. The number of H-pyrrole nitrogens is 1. The van der Waals surface area contributed by atoms with Crippen LogP contribution in [-0.4, -0.2) is 80.0 Å². The summed E-state index contributed by atoms with van der Waals surface area (Å²) in [4.78, 5) is 33.3. The van der Waals surface area contributed by atoms with Gasteiger partial charge >= 0.3 is 0 Å². The highest BCUT2D eigenvalue weighted by Crippen LogP contribution is 2.35. The summed E-state index contributed by atoms with van der Waals surface area (Å²) in [5.41, 5.74) is 5.25. The zero-order valence-electron chi connectivity index (χ0n) is 20.7. The van der Waals surface area contributed by atoms with Crippen LogP contribution in [0.15, 0.2) is 67.4 Å². The lowest BCUT2D eigenvalue weighted by Gasteiger charge is -2.34. The zero-order valence-corrected chi connectivity index (χ0v) is 20.7. The van der Waals surface area contributed by atoms with Crippen LogP contribution in [0, 0.1) is 0 Å². The van der Waals surface area contributed by atoms with Gasteiger partial charge in [-0.15, -0.1) is 0 Å². The number of pyridine rings is 2. The Kier molecular flexibility index (Phi) is 5.17. The van der Waals surface area contributed by atoms with Gasteiger partial charge in [-0.2, -0.15) is 5.10 Å². The fraction of sp³-hybridized carbons (Fsp3) is 0.286. The summed E-state index contributed by atoms with van der Waals surface area (Å²) < 4.78 is 1.83. The van der Waals surface area contributed by atoms with Crippen LogP contribution < -0.4 is 4.90 Å². The van der Waals surface area contributed by atoms with E-state index in [1.807, 2.05) is 46.1 Å². The summed E-state index contributed by atoms with van der Waals surface area (Å²) in [6.07, 6.45) is 8.03. The minimum atomic E-state index is -0.369. The quantitative estimate of drug-likeness (QED) is 0.417. The van der Waals surface area contributed by atoms with Crippen molar-refractivity contribution in [3.05, 3.63) is 90.0 Å². The molecule has 0 radical (unpaired) electrons. The second-order valence-electron chi connectivity index (χ2n) is 9.94. The lowest BCUT2D eigenvalue weighted by molar-refractivity contribution is 0.0689. The number of rotatable bonds is 3. The van der Waals surface area contributed by atoms with E-state index < -0.39 is 0 Å². The number of nitrogens with one attached hydrogen (secondary N) is 1. The molecule has 0 bridgehead atoms. The van der Waals surface area contributed by atoms with Crippen molar-refractivity contribution in [3.63, 3.8) is 0 Å². The van der Waals surface area contributed by atoms with Crippen molar-refractivity contribution in [2.75, 3.05) is 44.7 Å². The second kappa shape index (κ2) is 8.70. The second-order valence-corrected chi connectivity index (χ2v) is 9.94. The van der Waals surface area contributed by atoms with E-state index in [-0.39, 0.29) is 11.9 Å².